The molecule has 1 aliphatic rings. The van der Waals surface area contributed by atoms with Crippen LogP contribution in [-0.2, 0) is 9.59 Å². The molecule has 0 spiro atoms. The normalized spacial score (nSPS) is 17.5. The minimum Gasteiger partial charge on any atom is -0.507 e. The number of ketones is 1. The van der Waals surface area contributed by atoms with Gasteiger partial charge in [-0.05, 0) is 50.1 Å². The molecule has 1 amide bonds. The van der Waals surface area contributed by atoms with Gasteiger partial charge in [0.25, 0.3) is 11.7 Å². The minimum absolute atomic E-state index is 0.0277. The first-order valence-corrected chi connectivity index (χ1v) is 10.6. The average Bonchev–Trinajstić information content (AvgIpc) is 3.04. The number of Topliss-reactive ketones (excluding diaryl/α,β-unsaturated/α-hetero) is 1. The second-order valence-corrected chi connectivity index (χ2v) is 7.54. The van der Waals surface area contributed by atoms with Gasteiger partial charge >= 0.3 is 0 Å². The number of hydrogen-bond donors (Lipinski definition) is 1. The largest absolute Gasteiger partial charge is 0.507 e. The third-order valence-electron chi connectivity index (χ3n) is 5.42. The summed E-state index contributed by atoms with van der Waals surface area (Å²) in [7, 11) is 3.04. The number of aryl methyl sites for hydroxylation is 1. The monoisotopic (exact) mass is 439 g/mol. The van der Waals surface area contributed by atoms with E-state index in [0.717, 1.165) is 5.56 Å². The number of rotatable bonds is 8. The molecule has 0 radical (unpaired) electrons. The van der Waals surface area contributed by atoms with E-state index >= 15 is 0 Å². The van der Waals surface area contributed by atoms with Crippen molar-refractivity contribution in [3.63, 3.8) is 0 Å². The Bertz CT molecular complexity index is 1060. The predicted molar refractivity (Wildman–Crippen MR) is 121 cm³/mol. The lowest BCUT2D eigenvalue weighted by molar-refractivity contribution is -0.139. The van der Waals surface area contributed by atoms with E-state index in [4.69, 9.17) is 14.2 Å². The van der Waals surface area contributed by atoms with Gasteiger partial charge in [0.15, 0.2) is 11.5 Å². The van der Waals surface area contributed by atoms with Crippen LogP contribution in [0.1, 0.15) is 43.0 Å². The Labute approximate surface area is 188 Å². The molecule has 7 nitrogen and oxygen atoms in total. The summed E-state index contributed by atoms with van der Waals surface area (Å²) < 4.78 is 16.5. The molecule has 1 heterocycles. The van der Waals surface area contributed by atoms with Gasteiger partial charge in [-0.1, -0.05) is 24.6 Å². The number of ether oxygens (including phenoxy) is 3. The highest BCUT2D eigenvalue weighted by Gasteiger charge is 2.46. The minimum atomic E-state index is -0.759. The molecule has 1 atom stereocenters. The molecule has 32 heavy (non-hydrogen) atoms. The zero-order chi connectivity index (χ0) is 23.4. The van der Waals surface area contributed by atoms with Gasteiger partial charge in [-0.3, -0.25) is 9.59 Å². The number of aliphatic hydroxyl groups excluding tert-OH is 1. The lowest BCUT2D eigenvalue weighted by atomic mass is 9.94. The van der Waals surface area contributed by atoms with Crippen LogP contribution >= 0.6 is 0 Å². The second-order valence-electron chi connectivity index (χ2n) is 7.54. The molecule has 1 saturated heterocycles. The van der Waals surface area contributed by atoms with E-state index in [1.807, 2.05) is 26.8 Å². The molecule has 1 unspecified atom stereocenters. The van der Waals surface area contributed by atoms with Gasteiger partial charge in [0.05, 0.1) is 38.0 Å². The Hall–Kier alpha value is -3.48. The van der Waals surface area contributed by atoms with Crippen LogP contribution in [0.3, 0.4) is 0 Å². The summed E-state index contributed by atoms with van der Waals surface area (Å²) in [6.07, 6.45) is 0.659. The van der Waals surface area contributed by atoms with Crippen LogP contribution in [0.5, 0.6) is 17.2 Å². The summed E-state index contributed by atoms with van der Waals surface area (Å²) in [6.45, 7) is 6.46. The Morgan fingerprint density at radius 1 is 1.00 bits per heavy atom. The standard InChI is InChI=1S/C25H29NO6/c1-6-12-26-22(16-9-11-19(31-5)20(14-16)32-7-2)21(24(28)25(26)29)23(27)17-13-15(3)8-10-18(17)30-4/h8-11,13-14,22,27H,6-7,12H2,1-5H3/b23-21+. The molecule has 0 aromatic heterocycles. The van der Waals surface area contributed by atoms with Crippen LogP contribution < -0.4 is 14.2 Å². The summed E-state index contributed by atoms with van der Waals surface area (Å²) in [5.41, 5.74) is 1.93. The number of benzene rings is 2. The molecule has 0 saturated carbocycles. The Morgan fingerprint density at radius 2 is 1.69 bits per heavy atom. The van der Waals surface area contributed by atoms with E-state index < -0.39 is 17.7 Å². The van der Waals surface area contributed by atoms with Crippen molar-refractivity contribution >= 4 is 17.4 Å². The van der Waals surface area contributed by atoms with Gasteiger partial charge in [-0.15, -0.1) is 0 Å². The van der Waals surface area contributed by atoms with Gasteiger partial charge < -0.3 is 24.2 Å². The van der Waals surface area contributed by atoms with Crippen molar-refractivity contribution in [2.45, 2.75) is 33.2 Å². The lowest BCUT2D eigenvalue weighted by Crippen LogP contribution is -2.30. The van der Waals surface area contributed by atoms with Crippen molar-refractivity contribution in [2.24, 2.45) is 0 Å². The van der Waals surface area contributed by atoms with Gasteiger partial charge in [0.1, 0.15) is 11.5 Å². The Morgan fingerprint density at radius 3 is 2.31 bits per heavy atom. The number of amides is 1. The number of carbonyl (C=O) groups is 2. The summed E-state index contributed by atoms with van der Waals surface area (Å²) in [5.74, 6) is -0.164. The summed E-state index contributed by atoms with van der Waals surface area (Å²) >= 11 is 0. The van der Waals surface area contributed by atoms with E-state index in [9.17, 15) is 14.7 Å². The average molecular weight is 440 g/mol. The number of nitrogens with zero attached hydrogens (tertiary/aromatic N) is 1. The van der Waals surface area contributed by atoms with E-state index in [0.29, 0.717) is 47.9 Å². The quantitative estimate of drug-likeness (QED) is 0.376. The molecular formula is C25H29NO6. The number of hydrogen-bond acceptors (Lipinski definition) is 6. The fraction of sp³-hybridized carbons (Fsp3) is 0.360. The summed E-state index contributed by atoms with van der Waals surface area (Å²) in [5, 5.41) is 11.3. The molecule has 1 N–H and O–H groups in total. The van der Waals surface area contributed by atoms with Crippen molar-refractivity contribution in [2.75, 3.05) is 27.4 Å². The molecular weight excluding hydrogens is 410 g/mol. The topological polar surface area (TPSA) is 85.3 Å². The van der Waals surface area contributed by atoms with Crippen LogP contribution in [0.15, 0.2) is 42.0 Å². The molecule has 2 aromatic carbocycles. The lowest BCUT2D eigenvalue weighted by Gasteiger charge is -2.25. The van der Waals surface area contributed by atoms with Crippen LogP contribution in [0.4, 0.5) is 0 Å². The van der Waals surface area contributed by atoms with Crippen molar-refractivity contribution in [1.82, 2.24) is 4.90 Å². The highest BCUT2D eigenvalue weighted by atomic mass is 16.5. The second kappa shape index (κ2) is 9.77. The molecule has 7 heteroatoms. The first-order chi connectivity index (χ1) is 15.4. The maximum atomic E-state index is 13.1. The smallest absolute Gasteiger partial charge is 0.295 e. The highest BCUT2D eigenvalue weighted by molar-refractivity contribution is 6.46. The SMILES string of the molecule is CCCN1C(=O)C(=O)/C(=C(/O)c2cc(C)ccc2OC)C1c1ccc(OC)c(OCC)c1. The summed E-state index contributed by atoms with van der Waals surface area (Å²) in [6, 6.07) is 9.81. The first kappa shape index (κ1) is 23.2. The molecule has 1 aliphatic heterocycles. The Kier molecular flexibility index (Phi) is 7.08. The van der Waals surface area contributed by atoms with Crippen LogP contribution in [0.2, 0.25) is 0 Å². The molecule has 170 valence electrons. The van der Waals surface area contributed by atoms with E-state index in [2.05, 4.69) is 0 Å². The molecule has 0 aliphatic carbocycles. The van der Waals surface area contributed by atoms with Gasteiger partial charge in [-0.2, -0.15) is 0 Å². The van der Waals surface area contributed by atoms with Crippen LogP contribution in [0, 0.1) is 6.92 Å². The van der Waals surface area contributed by atoms with Crippen molar-refractivity contribution in [1.29, 1.82) is 0 Å². The van der Waals surface area contributed by atoms with E-state index in [-0.39, 0.29) is 11.3 Å². The molecule has 2 aromatic rings. The number of methoxy groups -OCH3 is 2. The number of aliphatic hydroxyl groups is 1. The third-order valence-corrected chi connectivity index (χ3v) is 5.42. The van der Waals surface area contributed by atoms with Gasteiger partial charge in [0.2, 0.25) is 0 Å². The van der Waals surface area contributed by atoms with Crippen molar-refractivity contribution in [3.05, 3.63) is 58.7 Å². The van der Waals surface area contributed by atoms with E-state index in [1.54, 1.807) is 37.4 Å². The molecule has 1 fully saturated rings. The fourth-order valence-corrected chi connectivity index (χ4v) is 3.98. The zero-order valence-electron chi connectivity index (χ0n) is 19.1. The van der Waals surface area contributed by atoms with Gasteiger partial charge in [-0.25, -0.2) is 0 Å². The summed E-state index contributed by atoms with van der Waals surface area (Å²) in [4.78, 5) is 27.5. The maximum Gasteiger partial charge on any atom is 0.295 e. The fourth-order valence-electron chi connectivity index (χ4n) is 3.98. The van der Waals surface area contributed by atoms with Crippen molar-refractivity contribution < 1.29 is 28.9 Å². The first-order valence-electron chi connectivity index (χ1n) is 10.6. The maximum absolute atomic E-state index is 13.1. The van der Waals surface area contributed by atoms with Crippen LogP contribution in [-0.4, -0.2) is 49.1 Å². The molecule has 0 bridgehead atoms. The third kappa shape index (κ3) is 4.15. The number of carbonyl (C=O) groups excluding carboxylic acids is 2. The van der Waals surface area contributed by atoms with Gasteiger partial charge in [0, 0.05) is 6.54 Å². The predicted octanol–water partition coefficient (Wildman–Crippen LogP) is 4.24. The molecule has 3 rings (SSSR count). The highest BCUT2D eigenvalue weighted by Crippen LogP contribution is 2.43. The van der Waals surface area contributed by atoms with E-state index in [1.165, 1.54) is 12.0 Å². The van der Waals surface area contributed by atoms with Crippen LogP contribution in [0.25, 0.3) is 5.76 Å². The Balaban J connectivity index is 2.26. The van der Waals surface area contributed by atoms with Crippen molar-refractivity contribution in [3.8, 4) is 17.2 Å². The number of likely N-dealkylation sites (tertiary alicyclic amines) is 1. The zero-order valence-corrected chi connectivity index (χ0v) is 19.1.